The van der Waals surface area contributed by atoms with Gasteiger partial charge in [-0.3, -0.25) is 19.2 Å². The first-order valence-electron chi connectivity index (χ1n) is 17.1. The summed E-state index contributed by atoms with van der Waals surface area (Å²) in [4.78, 5) is 47.3. The second-order valence-electron chi connectivity index (χ2n) is 14.9. The van der Waals surface area contributed by atoms with Gasteiger partial charge in [-0.2, -0.15) is 8.61 Å². The van der Waals surface area contributed by atoms with Gasteiger partial charge in [0, 0.05) is 58.2 Å². The maximum Gasteiger partial charge on any atom is 0.318 e. The molecule has 20 heteroatoms. The Bertz CT molecular complexity index is 2290. The predicted molar refractivity (Wildman–Crippen MR) is 201 cm³/mol. The first kappa shape index (κ1) is 41.3. The number of carbonyl (C=O) groups is 4. The molecule has 1 saturated heterocycles. The average Bonchev–Trinajstić information content (AvgIpc) is 3.07. The zero-order valence-corrected chi connectivity index (χ0v) is 32.7. The van der Waals surface area contributed by atoms with Crippen LogP contribution in [-0.2, 0) is 39.2 Å². The van der Waals surface area contributed by atoms with E-state index in [0.29, 0.717) is 46.8 Å². The summed E-state index contributed by atoms with van der Waals surface area (Å²) in [7, 11) is -0.196. The van der Waals surface area contributed by atoms with E-state index in [0.717, 1.165) is 35.1 Å². The summed E-state index contributed by atoms with van der Waals surface area (Å²) < 4.78 is 65.8. The Hall–Kier alpha value is -4.86. The lowest BCUT2D eigenvalue weighted by atomic mass is 9.92. The largest absolute Gasteiger partial charge is 0.487 e. The highest BCUT2D eigenvalue weighted by Crippen LogP contribution is 2.47. The number of carboxylic acids is 4. The molecular formula is C35H45N5O13S2+2. The highest BCUT2D eigenvalue weighted by atomic mass is 32.2. The molecule has 0 spiro atoms. The molecule has 0 radical (unpaired) electrons. The second kappa shape index (κ2) is 15.0. The standard InChI is InChI=1S/C35H43N5O13S2/c1-36(2)26-16-27(53-15-14-40(5)12-10-39(3,4)11-13-40)23-7-9-25-29(55(51,52)38(20-32(45)46)21-33(47)48)17-28(24-8-6-22(26)34(23)35(24)25)54(49,50)37(18-30(41)42)19-31(43)44/h6-9,16-17H,10-15,18-21H2,1-5H3,(H2-2,41,42,43,44,45,46,47,48)/p+2. The van der Waals surface area contributed by atoms with Crippen LogP contribution in [0.5, 0.6) is 5.75 Å². The van der Waals surface area contributed by atoms with Gasteiger partial charge in [-0.05, 0) is 12.1 Å². The fraction of sp³-hybridized carbons (Fsp3) is 0.429. The number of rotatable bonds is 17. The highest BCUT2D eigenvalue weighted by Gasteiger charge is 2.37. The van der Waals surface area contributed by atoms with E-state index in [1.54, 1.807) is 31.1 Å². The van der Waals surface area contributed by atoms with Crippen LogP contribution in [0, 0.1) is 0 Å². The number of nitrogens with zero attached hydrogens (tertiary/aromatic N) is 5. The molecule has 18 nitrogen and oxygen atoms in total. The summed E-state index contributed by atoms with van der Waals surface area (Å²) in [5.74, 6) is -6.36. The number of piperazine rings is 1. The van der Waals surface area contributed by atoms with Crippen molar-refractivity contribution in [3.63, 3.8) is 0 Å². The van der Waals surface area contributed by atoms with Crippen molar-refractivity contribution < 1.29 is 70.1 Å². The van der Waals surface area contributed by atoms with E-state index < -0.39 is 79.9 Å². The van der Waals surface area contributed by atoms with Crippen LogP contribution in [0.2, 0.25) is 0 Å². The van der Waals surface area contributed by atoms with Gasteiger partial charge in [0.05, 0.1) is 30.9 Å². The highest BCUT2D eigenvalue weighted by molar-refractivity contribution is 7.90. The Balaban J connectivity index is 1.83. The van der Waals surface area contributed by atoms with Gasteiger partial charge in [-0.15, -0.1) is 0 Å². The number of hydrogen-bond acceptors (Lipinski definition) is 10. The lowest BCUT2D eigenvalue weighted by Crippen LogP contribution is -2.63. The quantitative estimate of drug-likeness (QED) is 0.0857. The lowest BCUT2D eigenvalue weighted by molar-refractivity contribution is -1.01. The summed E-state index contributed by atoms with van der Waals surface area (Å²) in [6.45, 7) is -0.332. The van der Waals surface area contributed by atoms with Crippen molar-refractivity contribution in [1.29, 1.82) is 0 Å². The fourth-order valence-electron chi connectivity index (χ4n) is 6.98. The van der Waals surface area contributed by atoms with Gasteiger partial charge in [0.25, 0.3) is 0 Å². The van der Waals surface area contributed by atoms with Crippen molar-refractivity contribution in [3.05, 3.63) is 36.4 Å². The Kier molecular flexibility index (Phi) is 11.3. The number of aliphatic carboxylic acids is 4. The van der Waals surface area contributed by atoms with Crippen molar-refractivity contribution in [2.75, 3.05) is 106 Å². The molecule has 0 saturated carbocycles. The number of quaternary nitrogens is 2. The van der Waals surface area contributed by atoms with Gasteiger partial charge in [0.2, 0.25) is 20.0 Å². The Morgan fingerprint density at radius 1 is 0.636 bits per heavy atom. The minimum atomic E-state index is -5.14. The van der Waals surface area contributed by atoms with Crippen LogP contribution in [0.3, 0.4) is 0 Å². The molecule has 0 unspecified atom stereocenters. The molecule has 1 aliphatic heterocycles. The second-order valence-corrected chi connectivity index (χ2v) is 18.7. The predicted octanol–water partition coefficient (Wildman–Crippen LogP) is 0.885. The first-order chi connectivity index (χ1) is 25.5. The molecule has 1 fully saturated rings. The fourth-order valence-corrected chi connectivity index (χ4v) is 10.2. The number of sulfonamides is 2. The number of ether oxygens (including phenoxy) is 1. The van der Waals surface area contributed by atoms with Crippen LogP contribution in [0.1, 0.15) is 0 Å². The smallest absolute Gasteiger partial charge is 0.318 e. The van der Waals surface area contributed by atoms with E-state index in [4.69, 9.17) is 4.74 Å². The van der Waals surface area contributed by atoms with Crippen LogP contribution in [0.15, 0.2) is 46.2 Å². The zero-order valence-electron chi connectivity index (χ0n) is 31.1. The third-order valence-corrected chi connectivity index (χ3v) is 13.8. The maximum absolute atomic E-state index is 14.3. The van der Waals surface area contributed by atoms with Crippen molar-refractivity contribution >= 4 is 81.9 Å². The van der Waals surface area contributed by atoms with Crippen LogP contribution in [-0.4, -0.2) is 179 Å². The van der Waals surface area contributed by atoms with Crippen LogP contribution < -0.4 is 9.64 Å². The molecule has 0 amide bonds. The molecule has 4 N–H and O–H groups in total. The number of benzene rings is 4. The van der Waals surface area contributed by atoms with Gasteiger partial charge in [-0.25, -0.2) is 16.8 Å². The van der Waals surface area contributed by atoms with E-state index in [-0.39, 0.29) is 24.8 Å². The molecule has 4 aromatic rings. The van der Waals surface area contributed by atoms with Gasteiger partial charge in [-0.1, -0.05) is 18.2 Å². The van der Waals surface area contributed by atoms with Crippen molar-refractivity contribution in [1.82, 2.24) is 8.61 Å². The summed E-state index contributed by atoms with van der Waals surface area (Å²) in [5.41, 5.74) is 0.615. The van der Waals surface area contributed by atoms with Gasteiger partial charge < -0.3 is 39.0 Å². The van der Waals surface area contributed by atoms with E-state index in [1.165, 1.54) is 12.1 Å². The van der Waals surface area contributed by atoms with Crippen molar-refractivity contribution in [3.8, 4) is 5.75 Å². The first-order valence-corrected chi connectivity index (χ1v) is 20.0. The maximum atomic E-state index is 14.3. The number of carboxylic acid groups (broad SMARTS) is 4. The minimum Gasteiger partial charge on any atom is -0.487 e. The SMILES string of the molecule is CN(C)c1cc(OCC[N+]2(C)CC[N+](C)(C)CC2)c2ccc3c(S(=O)(=O)N(CC(=O)O)CC(=O)O)cc(S(=O)(=O)N(CC(=O)O)CC(=O)O)c4ccc1c2c34. The van der Waals surface area contributed by atoms with Gasteiger partial charge >= 0.3 is 23.9 Å². The number of hydrogen-bond donors (Lipinski definition) is 4. The molecule has 0 bridgehead atoms. The third-order valence-electron chi connectivity index (χ3n) is 10.1. The molecule has 0 atom stereocenters. The van der Waals surface area contributed by atoms with E-state index in [9.17, 15) is 56.4 Å². The molecule has 1 aliphatic rings. The summed E-state index contributed by atoms with van der Waals surface area (Å²) >= 11 is 0. The van der Waals surface area contributed by atoms with E-state index >= 15 is 0 Å². The molecule has 1 heterocycles. The van der Waals surface area contributed by atoms with Crippen molar-refractivity contribution in [2.45, 2.75) is 9.79 Å². The minimum absolute atomic E-state index is 0.0504. The van der Waals surface area contributed by atoms with Crippen LogP contribution >= 0.6 is 0 Å². The molecule has 0 aromatic heterocycles. The third kappa shape index (κ3) is 8.38. The van der Waals surface area contributed by atoms with Crippen molar-refractivity contribution in [2.24, 2.45) is 0 Å². The molecular weight excluding hydrogens is 763 g/mol. The van der Waals surface area contributed by atoms with E-state index in [1.807, 2.05) is 6.07 Å². The monoisotopic (exact) mass is 807 g/mol. The number of anilines is 1. The summed E-state index contributed by atoms with van der Waals surface area (Å²) in [6.07, 6.45) is 0. The number of likely N-dealkylation sites (N-methyl/N-ethyl adjacent to an activating group) is 2. The zero-order chi connectivity index (χ0) is 40.8. The van der Waals surface area contributed by atoms with E-state index in [2.05, 4.69) is 21.1 Å². The van der Waals surface area contributed by atoms with Gasteiger partial charge in [0.15, 0.2) is 0 Å². The molecule has 55 heavy (non-hydrogen) atoms. The van der Waals surface area contributed by atoms with Crippen LogP contribution in [0.4, 0.5) is 5.69 Å². The average molecular weight is 808 g/mol. The Morgan fingerprint density at radius 3 is 1.45 bits per heavy atom. The summed E-state index contributed by atoms with van der Waals surface area (Å²) in [6, 6.07) is 8.48. The Labute approximate surface area is 317 Å². The normalized spacial score (nSPS) is 15.9. The van der Waals surface area contributed by atoms with Crippen LogP contribution in [0.25, 0.3) is 32.3 Å². The Morgan fingerprint density at radius 2 is 1.04 bits per heavy atom. The molecule has 298 valence electrons. The van der Waals surface area contributed by atoms with Gasteiger partial charge in [0.1, 0.15) is 71.3 Å². The topological polar surface area (TPSA) is 236 Å². The molecule has 4 aromatic carbocycles. The molecule has 5 rings (SSSR count). The molecule has 0 aliphatic carbocycles. The lowest BCUT2D eigenvalue weighted by Gasteiger charge is -2.44. The summed E-state index contributed by atoms with van der Waals surface area (Å²) in [5, 5.41) is 39.4.